The summed E-state index contributed by atoms with van der Waals surface area (Å²) in [5, 5.41) is 11.8. The maximum Gasteiger partial charge on any atom is 0.244 e. The number of rotatable bonds is 4. The van der Waals surface area contributed by atoms with Gasteiger partial charge in [-0.15, -0.1) is 0 Å². The summed E-state index contributed by atoms with van der Waals surface area (Å²) in [4.78, 5) is 25.9. The normalized spacial score (nSPS) is 18.6. The van der Waals surface area contributed by atoms with Crippen LogP contribution < -0.4 is 5.32 Å². The third-order valence-electron chi connectivity index (χ3n) is 4.42. The van der Waals surface area contributed by atoms with Gasteiger partial charge in [0.25, 0.3) is 0 Å². The minimum atomic E-state index is -0.815. The van der Waals surface area contributed by atoms with Crippen LogP contribution in [0.2, 0.25) is 0 Å². The van der Waals surface area contributed by atoms with E-state index in [1.54, 1.807) is 12.1 Å². The largest absolute Gasteiger partial charge is 0.342 e. The van der Waals surface area contributed by atoms with E-state index in [1.807, 2.05) is 17.0 Å². The van der Waals surface area contributed by atoms with Crippen molar-refractivity contribution in [2.45, 2.75) is 32.1 Å². The Hall–Kier alpha value is -2.35. The van der Waals surface area contributed by atoms with E-state index in [1.165, 1.54) is 0 Å². The maximum atomic E-state index is 12.1. The second kappa shape index (κ2) is 5.80. The first-order chi connectivity index (χ1) is 10.6. The molecule has 1 heterocycles. The van der Waals surface area contributed by atoms with Gasteiger partial charge in [-0.1, -0.05) is 12.1 Å². The number of nitriles is 1. The molecule has 1 saturated carbocycles. The molecule has 1 saturated heterocycles. The molecule has 0 spiro atoms. The molecule has 0 bridgehead atoms. The number of nitrogens with zero attached hydrogens (tertiary/aromatic N) is 2. The van der Waals surface area contributed by atoms with Crippen LogP contribution in [0.3, 0.4) is 0 Å². The monoisotopic (exact) mass is 297 g/mol. The fourth-order valence-corrected chi connectivity index (χ4v) is 2.72. The molecule has 1 aliphatic carbocycles. The van der Waals surface area contributed by atoms with E-state index >= 15 is 0 Å². The fraction of sp³-hybridized carbons (Fsp3) is 0.471. The zero-order chi connectivity index (χ0) is 15.6. The number of carbonyl (C=O) groups excluding carboxylic acids is 2. The number of hydrogen-bond acceptors (Lipinski definition) is 3. The van der Waals surface area contributed by atoms with Crippen molar-refractivity contribution >= 4 is 17.5 Å². The Balaban J connectivity index is 1.57. The van der Waals surface area contributed by atoms with Crippen molar-refractivity contribution in [1.29, 1.82) is 5.26 Å². The van der Waals surface area contributed by atoms with Gasteiger partial charge in [-0.2, -0.15) is 5.26 Å². The summed E-state index contributed by atoms with van der Waals surface area (Å²) in [6, 6.07) is 9.37. The molecule has 22 heavy (non-hydrogen) atoms. The maximum absolute atomic E-state index is 12.1. The Kier molecular flexibility index (Phi) is 3.84. The number of amides is 2. The van der Waals surface area contributed by atoms with Gasteiger partial charge in [-0.05, 0) is 43.4 Å². The molecule has 0 radical (unpaired) electrons. The third-order valence-corrected chi connectivity index (χ3v) is 4.42. The van der Waals surface area contributed by atoms with Crippen molar-refractivity contribution in [2.75, 3.05) is 18.4 Å². The molecule has 1 N–H and O–H groups in total. The average molecular weight is 297 g/mol. The van der Waals surface area contributed by atoms with Gasteiger partial charge in [0.05, 0.1) is 12.5 Å². The molecule has 5 nitrogen and oxygen atoms in total. The Bertz CT molecular complexity index is 620. The first-order valence-corrected chi connectivity index (χ1v) is 7.72. The van der Waals surface area contributed by atoms with Crippen molar-refractivity contribution in [3.63, 3.8) is 0 Å². The van der Waals surface area contributed by atoms with E-state index in [-0.39, 0.29) is 11.8 Å². The quantitative estimate of drug-likeness (QED) is 0.925. The van der Waals surface area contributed by atoms with Crippen LogP contribution in [0.15, 0.2) is 24.3 Å². The smallest absolute Gasteiger partial charge is 0.244 e. The summed E-state index contributed by atoms with van der Waals surface area (Å²) in [6.45, 7) is 1.73. The molecule has 0 unspecified atom stereocenters. The molecule has 1 aliphatic heterocycles. The Morgan fingerprint density at radius 3 is 2.36 bits per heavy atom. The summed E-state index contributed by atoms with van der Waals surface area (Å²) < 4.78 is 0. The predicted molar refractivity (Wildman–Crippen MR) is 81.9 cm³/mol. The molecule has 0 aromatic heterocycles. The summed E-state index contributed by atoms with van der Waals surface area (Å²) in [7, 11) is 0. The predicted octanol–water partition coefficient (Wildman–Crippen LogP) is 2.09. The zero-order valence-electron chi connectivity index (χ0n) is 12.5. The first-order valence-electron chi connectivity index (χ1n) is 7.72. The number of hydrogen-bond donors (Lipinski definition) is 1. The van der Waals surface area contributed by atoms with Gasteiger partial charge in [0.2, 0.25) is 11.8 Å². The van der Waals surface area contributed by atoms with Gasteiger partial charge in [0.1, 0.15) is 5.41 Å². The summed E-state index contributed by atoms with van der Waals surface area (Å²) in [5.41, 5.74) is 0.796. The molecular formula is C17H19N3O2. The zero-order valence-corrected chi connectivity index (χ0v) is 12.5. The van der Waals surface area contributed by atoms with Crippen molar-refractivity contribution < 1.29 is 9.59 Å². The van der Waals surface area contributed by atoms with E-state index in [4.69, 9.17) is 5.26 Å². The molecule has 0 atom stereocenters. The van der Waals surface area contributed by atoms with E-state index in [9.17, 15) is 9.59 Å². The van der Waals surface area contributed by atoms with E-state index < -0.39 is 5.41 Å². The van der Waals surface area contributed by atoms with Crippen molar-refractivity contribution in [2.24, 2.45) is 5.41 Å². The second-order valence-electron chi connectivity index (χ2n) is 6.11. The minimum Gasteiger partial charge on any atom is -0.342 e. The van der Waals surface area contributed by atoms with Crippen molar-refractivity contribution in [1.82, 2.24) is 4.90 Å². The summed E-state index contributed by atoms with van der Waals surface area (Å²) in [6.07, 6.45) is 3.86. The van der Waals surface area contributed by atoms with Crippen molar-refractivity contribution in [3.05, 3.63) is 29.8 Å². The highest BCUT2D eigenvalue weighted by Gasteiger charge is 2.50. The van der Waals surface area contributed by atoms with Crippen LogP contribution in [-0.2, 0) is 16.0 Å². The molecule has 114 valence electrons. The topological polar surface area (TPSA) is 73.2 Å². The highest BCUT2D eigenvalue weighted by atomic mass is 16.2. The molecule has 5 heteroatoms. The number of likely N-dealkylation sites (tertiary alicyclic amines) is 1. The number of carbonyl (C=O) groups is 2. The second-order valence-corrected chi connectivity index (χ2v) is 6.11. The summed E-state index contributed by atoms with van der Waals surface area (Å²) >= 11 is 0. The van der Waals surface area contributed by atoms with Crippen LogP contribution in [0.25, 0.3) is 0 Å². The Labute approximate surface area is 129 Å². The van der Waals surface area contributed by atoms with Crippen LogP contribution in [0.1, 0.15) is 31.2 Å². The van der Waals surface area contributed by atoms with Gasteiger partial charge in [0, 0.05) is 18.8 Å². The lowest BCUT2D eigenvalue weighted by Crippen LogP contribution is -2.29. The Morgan fingerprint density at radius 1 is 1.18 bits per heavy atom. The lowest BCUT2D eigenvalue weighted by molar-refractivity contribution is -0.129. The Morgan fingerprint density at radius 2 is 1.82 bits per heavy atom. The summed E-state index contributed by atoms with van der Waals surface area (Å²) in [5.74, 6) is -0.0633. The minimum absolute atomic E-state index is 0.163. The lowest BCUT2D eigenvalue weighted by atomic mass is 10.1. The van der Waals surface area contributed by atoms with Gasteiger partial charge in [-0.25, -0.2) is 0 Å². The molecule has 1 aromatic carbocycles. The number of nitrogens with one attached hydrogen (secondary N) is 1. The molecule has 2 amide bonds. The molecule has 2 fully saturated rings. The van der Waals surface area contributed by atoms with Crippen LogP contribution in [0.4, 0.5) is 5.69 Å². The number of anilines is 1. The SMILES string of the molecule is N#CC1(C(=O)Nc2ccc(CC(=O)N3CCCC3)cc2)CC1. The standard InChI is InChI=1S/C17H19N3O2/c18-12-17(7-8-17)16(22)19-14-5-3-13(4-6-14)11-15(21)20-9-1-2-10-20/h3-6H,1-2,7-11H2,(H,19,22). The van der Waals surface area contributed by atoms with E-state index in [0.29, 0.717) is 24.9 Å². The van der Waals surface area contributed by atoms with E-state index in [0.717, 1.165) is 31.5 Å². The average Bonchev–Trinajstić information content (AvgIpc) is 3.14. The lowest BCUT2D eigenvalue weighted by Gasteiger charge is -2.15. The molecule has 1 aromatic rings. The van der Waals surface area contributed by atoms with Gasteiger partial charge in [0.15, 0.2) is 0 Å². The number of benzene rings is 1. The highest BCUT2D eigenvalue weighted by molar-refractivity contribution is 5.99. The van der Waals surface area contributed by atoms with Gasteiger partial charge < -0.3 is 10.2 Å². The molecule has 2 aliphatic rings. The van der Waals surface area contributed by atoms with Crippen LogP contribution in [-0.4, -0.2) is 29.8 Å². The van der Waals surface area contributed by atoms with Crippen LogP contribution in [0, 0.1) is 16.7 Å². The van der Waals surface area contributed by atoms with Gasteiger partial charge in [-0.3, -0.25) is 9.59 Å². The highest BCUT2D eigenvalue weighted by Crippen LogP contribution is 2.45. The van der Waals surface area contributed by atoms with Crippen molar-refractivity contribution in [3.8, 4) is 6.07 Å². The molecule has 3 rings (SSSR count). The van der Waals surface area contributed by atoms with Gasteiger partial charge >= 0.3 is 0 Å². The fourth-order valence-electron chi connectivity index (χ4n) is 2.72. The molecular weight excluding hydrogens is 278 g/mol. The van der Waals surface area contributed by atoms with Crippen LogP contribution in [0.5, 0.6) is 0 Å². The van der Waals surface area contributed by atoms with Crippen LogP contribution >= 0.6 is 0 Å². The third kappa shape index (κ3) is 2.96. The van der Waals surface area contributed by atoms with E-state index in [2.05, 4.69) is 11.4 Å². The first kappa shape index (κ1) is 14.6.